The molecule has 6 atom stereocenters. The molecule has 256 valence electrons. The van der Waals surface area contributed by atoms with Gasteiger partial charge >= 0.3 is 19.4 Å². The molecule has 0 saturated carbocycles. The first-order valence-electron chi connectivity index (χ1n) is 14.6. The van der Waals surface area contributed by atoms with Gasteiger partial charge in [0, 0.05) is 24.6 Å². The van der Waals surface area contributed by atoms with E-state index in [1.165, 1.54) is 13.1 Å². The fraction of sp³-hybridized carbons (Fsp3) is 0.586. The van der Waals surface area contributed by atoms with E-state index in [-0.39, 0.29) is 36.5 Å². The third-order valence-corrected chi connectivity index (χ3v) is 10.4. The van der Waals surface area contributed by atoms with E-state index in [1.807, 2.05) is 30.3 Å². The van der Waals surface area contributed by atoms with Crippen molar-refractivity contribution in [1.82, 2.24) is 14.6 Å². The van der Waals surface area contributed by atoms with Crippen LogP contribution in [0, 0.1) is 11.3 Å². The number of carbonyl (C=O) groups is 2. The van der Waals surface area contributed by atoms with Crippen molar-refractivity contribution >= 4 is 42.2 Å². The predicted octanol–water partition coefficient (Wildman–Crippen LogP) is 2.54. The zero-order chi connectivity index (χ0) is 34.3. The minimum atomic E-state index is -4.07. The minimum Gasteiger partial charge on any atom is -0.463 e. The molecule has 1 fully saturated rings. The number of aromatic amines is 1. The molecule has 5 N–H and O–H groups in total. The van der Waals surface area contributed by atoms with Gasteiger partial charge in [-0.1, -0.05) is 55.9 Å². The van der Waals surface area contributed by atoms with Crippen LogP contribution < -0.4 is 22.1 Å². The van der Waals surface area contributed by atoms with Gasteiger partial charge in [0.05, 0.1) is 18.6 Å². The van der Waals surface area contributed by atoms with E-state index in [2.05, 4.69) is 10.1 Å². The second-order valence-corrected chi connectivity index (χ2v) is 15.7. The van der Waals surface area contributed by atoms with Crippen molar-refractivity contribution in [3.05, 3.63) is 69.0 Å². The summed E-state index contributed by atoms with van der Waals surface area (Å²) in [5.74, 6) is -0.604. The van der Waals surface area contributed by atoms with Crippen molar-refractivity contribution in [3.8, 4) is 0 Å². The van der Waals surface area contributed by atoms with Crippen LogP contribution >= 0.6 is 31.1 Å². The zero-order valence-electron chi connectivity index (χ0n) is 26.3. The highest BCUT2D eigenvalue weighted by atomic mass is 35.5. The van der Waals surface area contributed by atoms with Crippen LogP contribution in [0.15, 0.2) is 52.2 Å². The third-order valence-electron chi connectivity index (χ3n) is 7.25. The van der Waals surface area contributed by atoms with Crippen LogP contribution in [-0.4, -0.2) is 74.4 Å². The number of aliphatic hydroxyl groups excluding tert-OH is 1. The van der Waals surface area contributed by atoms with Gasteiger partial charge in [-0.25, -0.2) is 14.4 Å². The monoisotopic (exact) mass is 704 g/mol. The second kappa shape index (κ2) is 16.2. The van der Waals surface area contributed by atoms with E-state index >= 15 is 0 Å². The molecule has 0 spiro atoms. The Kier molecular flexibility index (Phi) is 13.4. The summed E-state index contributed by atoms with van der Waals surface area (Å²) in [7, 11) is -4.07. The number of hydrogen-bond donors (Lipinski definition) is 4. The van der Waals surface area contributed by atoms with E-state index in [1.54, 1.807) is 27.7 Å². The molecule has 0 unspecified atom stereocenters. The Morgan fingerprint density at radius 1 is 1.24 bits per heavy atom. The van der Waals surface area contributed by atoms with Crippen molar-refractivity contribution in [2.24, 2.45) is 17.1 Å². The summed E-state index contributed by atoms with van der Waals surface area (Å²) in [6, 6.07) is 9.39. The summed E-state index contributed by atoms with van der Waals surface area (Å²) in [5, 5.41) is 13.4. The summed E-state index contributed by atoms with van der Waals surface area (Å²) in [6.07, 6.45) is -2.50. The van der Waals surface area contributed by atoms with Gasteiger partial charge in [0.2, 0.25) is 0 Å². The van der Waals surface area contributed by atoms with E-state index in [9.17, 15) is 28.8 Å². The molecule has 2 heterocycles. The lowest BCUT2D eigenvalue weighted by molar-refractivity contribution is -0.150. The number of halogens is 1. The number of aliphatic hydroxyl groups is 1. The number of nitrogens with two attached hydrogens (primary N) is 1. The average molecular weight is 705 g/mol. The van der Waals surface area contributed by atoms with E-state index < -0.39 is 66.3 Å². The van der Waals surface area contributed by atoms with Crippen molar-refractivity contribution in [2.45, 2.75) is 70.5 Å². The first-order chi connectivity index (χ1) is 21.5. The fourth-order valence-corrected chi connectivity index (χ4v) is 6.74. The molecule has 1 aromatic carbocycles. The number of benzene rings is 1. The maximum atomic E-state index is 13.8. The number of alkyl halides is 1. The van der Waals surface area contributed by atoms with Gasteiger partial charge < -0.3 is 20.3 Å². The van der Waals surface area contributed by atoms with Gasteiger partial charge in [-0.2, -0.15) is 0 Å². The average Bonchev–Trinajstić information content (AvgIpc) is 3.23. The predicted molar refractivity (Wildman–Crippen MR) is 173 cm³/mol. The number of nitrogens with one attached hydrogen (secondary N) is 2. The lowest BCUT2D eigenvalue weighted by Crippen LogP contribution is -2.43. The Morgan fingerprint density at radius 3 is 2.54 bits per heavy atom. The number of aromatic nitrogens is 2. The molecule has 3 rings (SSSR count). The van der Waals surface area contributed by atoms with Crippen molar-refractivity contribution in [1.29, 1.82) is 0 Å². The molecule has 1 aliphatic rings. The van der Waals surface area contributed by atoms with Gasteiger partial charge in [-0.15, -0.1) is 11.6 Å². The standard InChI is InChI=1S/C29H42ClN4O10PS/c1-18(2)22(31)24(37)41-17-28(3,4)26(38)46-14-13-42-45(40,32-15-19-9-7-6-8-10-19)43-16-20-23(36)29(5,30)25(44-20)34-12-11-21(35)33-27(34)39/h6-12,18,20,22-23,25,36H,13-17,31H2,1-5H3,(H,32,40)(H,33,35,39)/t20-,22-,23-,25-,29-,45+/m1/s1. The van der Waals surface area contributed by atoms with Crippen LogP contribution in [0.4, 0.5) is 0 Å². The summed E-state index contributed by atoms with van der Waals surface area (Å²) in [4.78, 5) is 49.5. The van der Waals surface area contributed by atoms with Gasteiger partial charge in [0.15, 0.2) is 11.3 Å². The number of thioether (sulfide) groups is 1. The number of hydrogen-bond acceptors (Lipinski definition) is 12. The zero-order valence-corrected chi connectivity index (χ0v) is 28.8. The Hall–Kier alpha value is -2.33. The number of carbonyl (C=O) groups excluding carboxylic acids is 2. The molecule has 0 aliphatic carbocycles. The molecule has 14 nitrogen and oxygen atoms in total. The molecular weight excluding hydrogens is 663 g/mol. The van der Waals surface area contributed by atoms with Gasteiger partial charge in [0.1, 0.15) is 29.7 Å². The maximum absolute atomic E-state index is 13.8. The topological polar surface area (TPSA) is 201 Å². The van der Waals surface area contributed by atoms with Crippen LogP contribution in [0.25, 0.3) is 0 Å². The normalized spacial score (nSPS) is 23.6. The highest BCUT2D eigenvalue weighted by Crippen LogP contribution is 2.47. The van der Waals surface area contributed by atoms with Crippen LogP contribution in [0.5, 0.6) is 0 Å². The first-order valence-corrected chi connectivity index (χ1v) is 17.5. The lowest BCUT2D eigenvalue weighted by Gasteiger charge is -2.26. The maximum Gasteiger partial charge on any atom is 0.405 e. The number of ether oxygens (including phenoxy) is 2. The SMILES string of the molecule is CC(C)[C@@H](N)C(=O)OCC(C)(C)C(=O)SCCO[P@@](=O)(NCc1ccccc1)OC[C@H]1O[C@@H](n2ccc(=O)[nH]c2=O)[C@](C)(Cl)[C@@H]1O. The summed E-state index contributed by atoms with van der Waals surface area (Å²) >= 11 is 7.51. The minimum absolute atomic E-state index is 0.0988. The number of esters is 1. The highest BCUT2D eigenvalue weighted by molar-refractivity contribution is 8.13. The van der Waals surface area contributed by atoms with Crippen LogP contribution in [0.3, 0.4) is 0 Å². The lowest BCUT2D eigenvalue weighted by atomic mass is 9.97. The molecule has 1 aliphatic heterocycles. The molecule has 2 aromatic rings. The molecule has 46 heavy (non-hydrogen) atoms. The Bertz CT molecular complexity index is 1500. The van der Waals surface area contributed by atoms with E-state index in [0.717, 1.165) is 28.0 Å². The van der Waals surface area contributed by atoms with Crippen molar-refractivity contribution in [3.63, 3.8) is 0 Å². The van der Waals surface area contributed by atoms with Gasteiger partial charge in [-0.05, 0) is 32.3 Å². The number of H-pyrrole nitrogens is 1. The Balaban J connectivity index is 1.63. The van der Waals surface area contributed by atoms with E-state index in [4.69, 9.17) is 35.9 Å². The second-order valence-electron chi connectivity index (χ2n) is 12.0. The summed E-state index contributed by atoms with van der Waals surface area (Å²) in [5.41, 5.74) is 4.19. The smallest absolute Gasteiger partial charge is 0.405 e. The molecular formula is C29H42ClN4O10PS. The van der Waals surface area contributed by atoms with E-state index in [0.29, 0.717) is 0 Å². The number of rotatable bonds is 16. The van der Waals surface area contributed by atoms with Gasteiger partial charge in [-0.3, -0.25) is 33.0 Å². The first kappa shape index (κ1) is 38.1. The number of nitrogens with zero attached hydrogens (tertiary/aromatic N) is 1. The summed E-state index contributed by atoms with van der Waals surface area (Å²) in [6.45, 7) is 7.66. The van der Waals surface area contributed by atoms with Crippen molar-refractivity contribution < 1.29 is 37.8 Å². The molecule has 1 saturated heterocycles. The molecule has 0 amide bonds. The molecule has 17 heteroatoms. The van der Waals surface area contributed by atoms with Crippen LogP contribution in [0.2, 0.25) is 0 Å². The summed E-state index contributed by atoms with van der Waals surface area (Å²) < 4.78 is 37.3. The molecule has 0 bridgehead atoms. The van der Waals surface area contributed by atoms with Crippen molar-refractivity contribution in [2.75, 3.05) is 25.6 Å². The van der Waals surface area contributed by atoms with Gasteiger partial charge in [0.25, 0.3) is 5.56 Å². The molecule has 0 radical (unpaired) electrons. The Morgan fingerprint density at radius 2 is 1.91 bits per heavy atom. The van der Waals surface area contributed by atoms with Crippen LogP contribution in [0.1, 0.15) is 46.4 Å². The third kappa shape index (κ3) is 10.1. The Labute approximate surface area is 276 Å². The molecule has 1 aromatic heterocycles. The van der Waals surface area contributed by atoms with Crippen LogP contribution in [-0.2, 0) is 39.2 Å². The quantitative estimate of drug-likeness (QED) is 0.0861. The highest BCUT2D eigenvalue weighted by Gasteiger charge is 2.54. The largest absolute Gasteiger partial charge is 0.463 e. The fourth-order valence-electron chi connectivity index (χ4n) is 4.21.